The number of aryl methyl sites for hydroxylation is 1. The highest BCUT2D eigenvalue weighted by Gasteiger charge is 2.31. The normalized spacial score (nSPS) is 22.8. The van der Waals surface area contributed by atoms with Gasteiger partial charge in [0.05, 0.1) is 11.8 Å². The molecule has 0 spiro atoms. The average molecular weight is 287 g/mol. The van der Waals surface area contributed by atoms with Gasteiger partial charge in [-0.05, 0) is 25.5 Å². The van der Waals surface area contributed by atoms with Gasteiger partial charge in [0.15, 0.2) is 0 Å². The summed E-state index contributed by atoms with van der Waals surface area (Å²) in [5, 5.41) is 17.4. The van der Waals surface area contributed by atoms with Gasteiger partial charge in [-0.1, -0.05) is 6.07 Å². The number of hydrogen-bond acceptors (Lipinski definition) is 5. The van der Waals surface area contributed by atoms with Gasteiger partial charge in [-0.2, -0.15) is 5.10 Å². The van der Waals surface area contributed by atoms with Crippen LogP contribution in [0.4, 0.5) is 5.82 Å². The number of pyridine rings is 1. The summed E-state index contributed by atoms with van der Waals surface area (Å²) < 4.78 is 0. The maximum atomic E-state index is 10.2. The number of nitrogens with zero attached hydrogens (tertiary/aromatic N) is 3. The third kappa shape index (κ3) is 3.22. The Labute approximate surface area is 124 Å². The first-order chi connectivity index (χ1) is 10.1. The molecule has 1 fully saturated rings. The Kier molecular flexibility index (Phi) is 3.90. The molecule has 2 aromatic rings. The molecule has 2 aromatic heterocycles. The van der Waals surface area contributed by atoms with E-state index in [1.165, 1.54) is 0 Å². The molecule has 3 rings (SSSR count). The summed E-state index contributed by atoms with van der Waals surface area (Å²) in [7, 11) is 0. The van der Waals surface area contributed by atoms with Crippen LogP contribution in [0.15, 0.2) is 24.4 Å². The van der Waals surface area contributed by atoms with Crippen molar-refractivity contribution >= 4 is 5.82 Å². The highest BCUT2D eigenvalue weighted by atomic mass is 16.3. The van der Waals surface area contributed by atoms with Crippen molar-refractivity contribution in [1.29, 1.82) is 0 Å². The molecule has 0 bridgehead atoms. The van der Waals surface area contributed by atoms with Crippen molar-refractivity contribution in [2.75, 3.05) is 18.8 Å². The minimum absolute atomic E-state index is 0.214. The Balaban J connectivity index is 1.62. The van der Waals surface area contributed by atoms with Crippen LogP contribution in [0.2, 0.25) is 0 Å². The van der Waals surface area contributed by atoms with Gasteiger partial charge in [-0.15, -0.1) is 0 Å². The number of aliphatic hydroxyl groups is 1. The molecule has 0 radical (unpaired) electrons. The number of nitrogens with one attached hydrogen (secondary N) is 1. The smallest absolute Gasteiger partial charge is 0.127 e. The van der Waals surface area contributed by atoms with Crippen molar-refractivity contribution in [1.82, 2.24) is 20.1 Å². The summed E-state index contributed by atoms with van der Waals surface area (Å²) in [6.07, 6.45) is 2.17. The highest BCUT2D eigenvalue weighted by Crippen LogP contribution is 2.23. The number of hydrogen-bond donors (Lipinski definition) is 3. The van der Waals surface area contributed by atoms with Gasteiger partial charge in [-0.3, -0.25) is 10.00 Å². The fraction of sp³-hybridized carbons (Fsp3) is 0.467. The number of aliphatic hydroxyl groups excluding tert-OH is 1. The largest absolute Gasteiger partial charge is 0.391 e. The van der Waals surface area contributed by atoms with Crippen molar-refractivity contribution < 1.29 is 5.11 Å². The fourth-order valence-corrected chi connectivity index (χ4v) is 2.94. The van der Waals surface area contributed by atoms with Crippen molar-refractivity contribution in [3.05, 3.63) is 41.3 Å². The number of nitrogens with two attached hydrogens (primary N) is 1. The van der Waals surface area contributed by atoms with Crippen LogP contribution in [0.3, 0.4) is 0 Å². The molecule has 0 amide bonds. The molecule has 6 nitrogen and oxygen atoms in total. The number of β-amino-alcohol motifs (C(OH)–C–C–N with tert-alkyl or cyclic N) is 1. The molecule has 4 N–H and O–H groups in total. The van der Waals surface area contributed by atoms with Gasteiger partial charge in [0.2, 0.25) is 0 Å². The van der Waals surface area contributed by atoms with Crippen LogP contribution in [-0.2, 0) is 13.0 Å². The summed E-state index contributed by atoms with van der Waals surface area (Å²) in [6.45, 7) is 4.23. The molecule has 0 saturated carbocycles. The molecule has 0 unspecified atom stereocenters. The minimum atomic E-state index is -0.320. The van der Waals surface area contributed by atoms with E-state index in [9.17, 15) is 5.11 Å². The second kappa shape index (κ2) is 5.83. The van der Waals surface area contributed by atoms with E-state index in [0.29, 0.717) is 12.4 Å². The third-order valence-electron chi connectivity index (χ3n) is 4.03. The molecule has 2 atom stereocenters. The lowest BCUT2D eigenvalue weighted by Crippen LogP contribution is -2.22. The zero-order valence-electron chi connectivity index (χ0n) is 12.2. The summed E-state index contributed by atoms with van der Waals surface area (Å²) in [6, 6.07) is 5.91. The Hall–Kier alpha value is -1.92. The number of likely N-dealkylation sites (tertiary alicyclic amines) is 1. The standard InChI is InChI=1S/C15H21N5O/c1-10-5-13(19-18-10)6-12-8-20(9-14(12)21)7-11-3-2-4-17-15(11)16/h2-5,12,14,21H,6-9H2,1H3,(H2,16,17)(H,18,19)/t12-,14+/m1/s1. The lowest BCUT2D eigenvalue weighted by Gasteiger charge is -2.16. The molecule has 1 aliphatic rings. The second-order valence-electron chi connectivity index (χ2n) is 5.82. The summed E-state index contributed by atoms with van der Waals surface area (Å²) in [5.74, 6) is 0.781. The van der Waals surface area contributed by atoms with Gasteiger partial charge in [0, 0.05) is 43.0 Å². The SMILES string of the molecule is Cc1cc(C[C@@H]2CN(Cc3cccnc3N)C[C@@H]2O)n[nH]1. The zero-order valence-corrected chi connectivity index (χ0v) is 12.2. The van der Waals surface area contributed by atoms with Gasteiger partial charge < -0.3 is 10.8 Å². The van der Waals surface area contributed by atoms with E-state index in [4.69, 9.17) is 5.73 Å². The van der Waals surface area contributed by atoms with Gasteiger partial charge in [0.25, 0.3) is 0 Å². The summed E-state index contributed by atoms with van der Waals surface area (Å²) in [4.78, 5) is 6.33. The van der Waals surface area contributed by atoms with E-state index in [1.807, 2.05) is 25.1 Å². The van der Waals surface area contributed by atoms with E-state index >= 15 is 0 Å². The van der Waals surface area contributed by atoms with Crippen LogP contribution in [0, 0.1) is 12.8 Å². The molecule has 1 saturated heterocycles. The molecule has 0 aromatic carbocycles. The highest BCUT2D eigenvalue weighted by molar-refractivity contribution is 5.38. The predicted octanol–water partition coefficient (Wildman–Crippen LogP) is 0.731. The van der Waals surface area contributed by atoms with Crippen LogP contribution in [0.5, 0.6) is 0 Å². The Morgan fingerprint density at radius 3 is 3.05 bits per heavy atom. The molecule has 112 valence electrons. The van der Waals surface area contributed by atoms with E-state index in [1.54, 1.807) is 6.20 Å². The van der Waals surface area contributed by atoms with E-state index < -0.39 is 0 Å². The van der Waals surface area contributed by atoms with Crippen LogP contribution in [0.25, 0.3) is 0 Å². The second-order valence-corrected chi connectivity index (χ2v) is 5.82. The molecular weight excluding hydrogens is 266 g/mol. The van der Waals surface area contributed by atoms with E-state index in [0.717, 1.165) is 36.5 Å². The summed E-state index contributed by atoms with van der Waals surface area (Å²) >= 11 is 0. The molecule has 21 heavy (non-hydrogen) atoms. The number of rotatable bonds is 4. The van der Waals surface area contributed by atoms with Crippen LogP contribution in [0.1, 0.15) is 17.0 Å². The third-order valence-corrected chi connectivity index (χ3v) is 4.03. The first-order valence-electron chi connectivity index (χ1n) is 7.22. The van der Waals surface area contributed by atoms with Crippen molar-refractivity contribution in [2.24, 2.45) is 5.92 Å². The lowest BCUT2D eigenvalue weighted by atomic mass is 10.0. The number of nitrogen functional groups attached to an aromatic ring is 1. The first-order valence-corrected chi connectivity index (χ1v) is 7.22. The first kappa shape index (κ1) is 14.0. The molecule has 3 heterocycles. The minimum Gasteiger partial charge on any atom is -0.391 e. The van der Waals surface area contributed by atoms with Crippen molar-refractivity contribution in [3.63, 3.8) is 0 Å². The molecule has 6 heteroatoms. The quantitative estimate of drug-likeness (QED) is 0.771. The predicted molar refractivity (Wildman–Crippen MR) is 80.5 cm³/mol. The lowest BCUT2D eigenvalue weighted by molar-refractivity contribution is 0.140. The molecule has 1 aliphatic heterocycles. The maximum Gasteiger partial charge on any atom is 0.127 e. The number of aromatic amines is 1. The van der Waals surface area contributed by atoms with Crippen LogP contribution >= 0.6 is 0 Å². The number of aromatic nitrogens is 3. The van der Waals surface area contributed by atoms with Gasteiger partial charge >= 0.3 is 0 Å². The van der Waals surface area contributed by atoms with E-state index in [-0.39, 0.29) is 12.0 Å². The zero-order chi connectivity index (χ0) is 14.8. The average Bonchev–Trinajstić information content (AvgIpc) is 3.00. The van der Waals surface area contributed by atoms with Crippen LogP contribution < -0.4 is 5.73 Å². The van der Waals surface area contributed by atoms with Crippen molar-refractivity contribution in [2.45, 2.75) is 26.0 Å². The number of anilines is 1. The topological polar surface area (TPSA) is 91.1 Å². The summed E-state index contributed by atoms with van der Waals surface area (Å²) in [5.41, 5.74) is 8.96. The Morgan fingerprint density at radius 1 is 1.48 bits per heavy atom. The Bertz CT molecular complexity index is 612. The van der Waals surface area contributed by atoms with Crippen LogP contribution in [-0.4, -0.2) is 44.4 Å². The van der Waals surface area contributed by atoms with Crippen molar-refractivity contribution in [3.8, 4) is 0 Å². The van der Waals surface area contributed by atoms with E-state index in [2.05, 4.69) is 20.1 Å². The van der Waals surface area contributed by atoms with Gasteiger partial charge in [-0.25, -0.2) is 4.98 Å². The Morgan fingerprint density at radius 2 is 2.33 bits per heavy atom. The number of H-pyrrole nitrogens is 1. The molecular formula is C15H21N5O. The molecule has 0 aliphatic carbocycles. The monoisotopic (exact) mass is 287 g/mol. The fourth-order valence-electron chi connectivity index (χ4n) is 2.94. The van der Waals surface area contributed by atoms with Gasteiger partial charge in [0.1, 0.15) is 5.82 Å². The maximum absolute atomic E-state index is 10.2.